The van der Waals surface area contributed by atoms with Gasteiger partial charge in [-0.1, -0.05) is 6.07 Å². The van der Waals surface area contributed by atoms with Gasteiger partial charge < -0.3 is 26.1 Å². The van der Waals surface area contributed by atoms with Gasteiger partial charge in [-0.25, -0.2) is 0 Å². The Bertz CT molecular complexity index is 998. The largest absolute Gasteiger partial charge is 0.467 e. The number of primary amides is 1. The van der Waals surface area contributed by atoms with Crippen LogP contribution in [0.25, 0.3) is 0 Å². The Balaban J connectivity index is 1.48. The van der Waals surface area contributed by atoms with Gasteiger partial charge in [0.25, 0.3) is 5.91 Å². The first kappa shape index (κ1) is 19.7. The Labute approximate surface area is 167 Å². The van der Waals surface area contributed by atoms with Crippen LogP contribution in [0.2, 0.25) is 0 Å². The summed E-state index contributed by atoms with van der Waals surface area (Å²) in [6.07, 6.45) is 1.55. The molecule has 0 fully saturated rings. The van der Waals surface area contributed by atoms with Gasteiger partial charge >= 0.3 is 0 Å². The van der Waals surface area contributed by atoms with Crippen LogP contribution < -0.4 is 21.7 Å². The van der Waals surface area contributed by atoms with Gasteiger partial charge in [-0.3, -0.25) is 14.4 Å². The summed E-state index contributed by atoms with van der Waals surface area (Å²) < 4.78 is 5.17. The normalized spacial score (nSPS) is 10.2. The van der Waals surface area contributed by atoms with Crippen LogP contribution in [0.3, 0.4) is 0 Å². The van der Waals surface area contributed by atoms with E-state index < -0.39 is 5.91 Å². The van der Waals surface area contributed by atoms with Gasteiger partial charge in [-0.15, -0.1) is 0 Å². The van der Waals surface area contributed by atoms with Crippen molar-refractivity contribution >= 4 is 29.1 Å². The maximum atomic E-state index is 12.1. The van der Waals surface area contributed by atoms with Gasteiger partial charge in [0.05, 0.1) is 19.4 Å². The summed E-state index contributed by atoms with van der Waals surface area (Å²) in [4.78, 5) is 35.4. The fraction of sp³-hybridized carbons (Fsp3) is 0.0952. The maximum absolute atomic E-state index is 12.1. The summed E-state index contributed by atoms with van der Waals surface area (Å²) in [6, 6.07) is 16.7. The average molecular weight is 392 g/mol. The number of nitrogens with two attached hydrogens (primary N) is 1. The predicted molar refractivity (Wildman–Crippen MR) is 108 cm³/mol. The molecule has 0 aliphatic heterocycles. The number of hydrogen-bond donors (Lipinski definition) is 4. The molecule has 0 atom stereocenters. The summed E-state index contributed by atoms with van der Waals surface area (Å²) in [6.45, 7) is 0.327. The Morgan fingerprint density at radius 1 is 0.897 bits per heavy atom. The van der Waals surface area contributed by atoms with Crippen molar-refractivity contribution in [1.29, 1.82) is 0 Å². The zero-order valence-corrected chi connectivity index (χ0v) is 15.5. The molecule has 0 aliphatic rings. The molecule has 29 heavy (non-hydrogen) atoms. The molecule has 0 saturated heterocycles. The van der Waals surface area contributed by atoms with Crippen LogP contribution in [-0.2, 0) is 11.3 Å². The highest BCUT2D eigenvalue weighted by molar-refractivity contribution is 5.97. The fourth-order valence-corrected chi connectivity index (χ4v) is 2.56. The Morgan fingerprint density at radius 3 is 2.38 bits per heavy atom. The molecular weight excluding hydrogens is 372 g/mol. The van der Waals surface area contributed by atoms with Crippen LogP contribution in [0.1, 0.15) is 26.5 Å². The van der Waals surface area contributed by atoms with Crippen LogP contribution in [-0.4, -0.2) is 24.3 Å². The quantitative estimate of drug-likeness (QED) is 0.468. The highest BCUT2D eigenvalue weighted by Crippen LogP contribution is 2.12. The lowest BCUT2D eigenvalue weighted by Gasteiger charge is -2.09. The predicted octanol–water partition coefficient (Wildman–Crippen LogP) is 2.36. The van der Waals surface area contributed by atoms with Crippen molar-refractivity contribution in [3.8, 4) is 0 Å². The van der Waals surface area contributed by atoms with Crippen molar-refractivity contribution in [3.63, 3.8) is 0 Å². The zero-order chi connectivity index (χ0) is 20.6. The second kappa shape index (κ2) is 9.23. The van der Waals surface area contributed by atoms with Crippen LogP contribution >= 0.6 is 0 Å². The monoisotopic (exact) mass is 392 g/mol. The second-order valence-corrected chi connectivity index (χ2v) is 6.19. The standard InChI is InChI=1S/C21H20N4O4/c22-20(27)15-3-1-4-17(11-15)25-19(26)13-23-16-8-6-14(7-9-16)21(28)24-12-18-5-2-10-29-18/h1-11,23H,12-13H2,(H2,22,27)(H,24,28)(H,25,26). The molecule has 2 aromatic carbocycles. The number of anilines is 2. The van der Waals surface area contributed by atoms with E-state index in [1.54, 1.807) is 60.9 Å². The van der Waals surface area contributed by atoms with E-state index in [4.69, 9.17) is 10.2 Å². The maximum Gasteiger partial charge on any atom is 0.251 e. The minimum atomic E-state index is -0.562. The van der Waals surface area contributed by atoms with E-state index in [2.05, 4.69) is 16.0 Å². The molecule has 3 rings (SSSR count). The third kappa shape index (κ3) is 5.70. The number of nitrogens with one attached hydrogen (secondary N) is 3. The molecule has 5 N–H and O–H groups in total. The molecule has 0 unspecified atom stereocenters. The first-order chi connectivity index (χ1) is 14.0. The van der Waals surface area contributed by atoms with E-state index in [-0.39, 0.29) is 18.4 Å². The molecule has 8 nitrogen and oxygen atoms in total. The van der Waals surface area contributed by atoms with Gasteiger partial charge in [-0.05, 0) is 54.6 Å². The second-order valence-electron chi connectivity index (χ2n) is 6.19. The lowest BCUT2D eigenvalue weighted by atomic mass is 10.2. The smallest absolute Gasteiger partial charge is 0.251 e. The van der Waals surface area contributed by atoms with Crippen molar-refractivity contribution in [2.45, 2.75) is 6.54 Å². The van der Waals surface area contributed by atoms with Crippen LogP contribution in [0.4, 0.5) is 11.4 Å². The van der Waals surface area contributed by atoms with E-state index in [0.717, 1.165) is 0 Å². The molecule has 1 aromatic heterocycles. The molecule has 3 amide bonds. The number of amides is 3. The highest BCUT2D eigenvalue weighted by Gasteiger charge is 2.08. The molecule has 3 aromatic rings. The van der Waals surface area contributed by atoms with Crippen molar-refractivity contribution in [3.05, 3.63) is 83.8 Å². The van der Waals surface area contributed by atoms with Gasteiger partial charge in [0.2, 0.25) is 11.8 Å². The Hall–Kier alpha value is -4.07. The summed E-state index contributed by atoms with van der Waals surface area (Å²) >= 11 is 0. The van der Waals surface area contributed by atoms with Crippen molar-refractivity contribution in [1.82, 2.24) is 5.32 Å². The minimum Gasteiger partial charge on any atom is -0.467 e. The lowest BCUT2D eigenvalue weighted by molar-refractivity contribution is -0.114. The molecule has 1 heterocycles. The number of carbonyl (C=O) groups excluding carboxylic acids is 3. The SMILES string of the molecule is NC(=O)c1cccc(NC(=O)CNc2ccc(C(=O)NCc3ccco3)cc2)c1. The fourth-order valence-electron chi connectivity index (χ4n) is 2.56. The van der Waals surface area contributed by atoms with Gasteiger partial charge in [0.15, 0.2) is 0 Å². The summed E-state index contributed by atoms with van der Waals surface area (Å²) in [7, 11) is 0. The van der Waals surface area contributed by atoms with Crippen LogP contribution in [0.5, 0.6) is 0 Å². The van der Waals surface area contributed by atoms with Crippen LogP contribution in [0, 0.1) is 0 Å². The summed E-state index contributed by atoms with van der Waals surface area (Å²) in [5.41, 5.74) is 7.21. The molecule has 148 valence electrons. The molecular formula is C21H20N4O4. The first-order valence-corrected chi connectivity index (χ1v) is 8.85. The molecule has 0 bridgehead atoms. The van der Waals surface area contributed by atoms with E-state index >= 15 is 0 Å². The highest BCUT2D eigenvalue weighted by atomic mass is 16.3. The first-order valence-electron chi connectivity index (χ1n) is 8.85. The van der Waals surface area contributed by atoms with E-state index in [9.17, 15) is 14.4 Å². The number of hydrogen-bond acceptors (Lipinski definition) is 5. The van der Waals surface area contributed by atoms with Gasteiger partial charge in [0.1, 0.15) is 5.76 Å². The Morgan fingerprint density at radius 2 is 1.69 bits per heavy atom. The van der Waals surface area contributed by atoms with Crippen molar-refractivity contribution < 1.29 is 18.8 Å². The number of carbonyl (C=O) groups is 3. The summed E-state index contributed by atoms with van der Waals surface area (Å²) in [5, 5.41) is 8.42. The molecule has 0 spiro atoms. The lowest BCUT2D eigenvalue weighted by Crippen LogP contribution is -2.23. The van der Waals surface area contributed by atoms with E-state index in [1.165, 1.54) is 6.07 Å². The number of rotatable bonds is 8. The number of benzene rings is 2. The minimum absolute atomic E-state index is 0.0187. The van der Waals surface area contributed by atoms with Crippen LogP contribution in [0.15, 0.2) is 71.3 Å². The topological polar surface area (TPSA) is 126 Å². The molecule has 0 saturated carbocycles. The number of furan rings is 1. The van der Waals surface area contributed by atoms with Crippen molar-refractivity contribution in [2.24, 2.45) is 5.73 Å². The van der Waals surface area contributed by atoms with E-state index in [1.807, 2.05) is 0 Å². The zero-order valence-electron chi connectivity index (χ0n) is 15.5. The molecule has 0 radical (unpaired) electrons. The van der Waals surface area contributed by atoms with Crippen molar-refractivity contribution in [2.75, 3.05) is 17.2 Å². The third-order valence-electron chi connectivity index (χ3n) is 4.03. The molecule has 0 aliphatic carbocycles. The summed E-state index contributed by atoms with van der Waals surface area (Å²) in [5.74, 6) is -0.400. The third-order valence-corrected chi connectivity index (χ3v) is 4.03. The Kier molecular flexibility index (Phi) is 6.26. The van der Waals surface area contributed by atoms with Gasteiger partial charge in [0, 0.05) is 22.5 Å². The van der Waals surface area contributed by atoms with Gasteiger partial charge in [-0.2, -0.15) is 0 Å². The van der Waals surface area contributed by atoms with E-state index in [0.29, 0.717) is 34.8 Å². The molecule has 8 heteroatoms. The average Bonchev–Trinajstić information content (AvgIpc) is 3.25.